The lowest BCUT2D eigenvalue weighted by Gasteiger charge is -2.17. The van der Waals surface area contributed by atoms with Crippen molar-refractivity contribution < 1.29 is 4.79 Å². The van der Waals surface area contributed by atoms with Gasteiger partial charge in [0.2, 0.25) is 0 Å². The van der Waals surface area contributed by atoms with Crippen LogP contribution in [0.25, 0.3) is 0 Å². The van der Waals surface area contributed by atoms with Crippen LogP contribution < -0.4 is 5.73 Å². The quantitative estimate of drug-likeness (QED) is 0.873. The molecule has 2 aromatic rings. The Kier molecular flexibility index (Phi) is 4.34. The van der Waals surface area contributed by atoms with Crippen LogP contribution in [0.15, 0.2) is 29.0 Å². The monoisotopic (exact) mass is 314 g/mol. The average molecular weight is 315 g/mol. The number of anilines is 1. The van der Waals surface area contributed by atoms with Crippen LogP contribution in [0, 0.1) is 0 Å². The summed E-state index contributed by atoms with van der Waals surface area (Å²) in [4.78, 5) is 13.9. The van der Waals surface area contributed by atoms with E-state index in [1.165, 1.54) is 6.07 Å². The minimum Gasteiger partial charge on any atom is -0.397 e. The van der Waals surface area contributed by atoms with Crippen molar-refractivity contribution in [3.8, 4) is 0 Å². The number of hydrogen-bond acceptors (Lipinski definition) is 3. The van der Waals surface area contributed by atoms with Crippen molar-refractivity contribution in [2.75, 3.05) is 12.8 Å². The van der Waals surface area contributed by atoms with E-state index >= 15 is 0 Å². The summed E-state index contributed by atoms with van der Waals surface area (Å²) in [7, 11) is 1.73. The van der Waals surface area contributed by atoms with Gasteiger partial charge in [-0.15, -0.1) is 0 Å². The largest absolute Gasteiger partial charge is 0.397 e. The molecule has 2 rings (SSSR count). The van der Waals surface area contributed by atoms with E-state index in [1.807, 2.05) is 16.8 Å². The lowest BCUT2D eigenvalue weighted by atomic mass is 10.1. The van der Waals surface area contributed by atoms with Crippen LogP contribution in [-0.2, 0) is 6.54 Å². The Bertz CT molecular complexity index is 576. The molecule has 0 radical (unpaired) electrons. The Morgan fingerprint density at radius 1 is 1.42 bits per heavy atom. The second-order valence-electron chi connectivity index (χ2n) is 4.15. The Labute approximate surface area is 125 Å². The Morgan fingerprint density at radius 2 is 2.16 bits per heavy atom. The number of amides is 1. The number of nitrogens with zero attached hydrogens (tertiary/aromatic N) is 1. The van der Waals surface area contributed by atoms with Crippen molar-refractivity contribution in [1.29, 1.82) is 0 Å². The zero-order chi connectivity index (χ0) is 14.0. The lowest BCUT2D eigenvalue weighted by Crippen LogP contribution is -2.26. The molecule has 0 spiro atoms. The number of nitrogen functional groups attached to an aromatic ring is 1. The van der Waals surface area contributed by atoms with Crippen LogP contribution in [-0.4, -0.2) is 17.9 Å². The Morgan fingerprint density at radius 3 is 2.74 bits per heavy atom. The van der Waals surface area contributed by atoms with Gasteiger partial charge in [0, 0.05) is 19.2 Å². The van der Waals surface area contributed by atoms with Gasteiger partial charge in [-0.05, 0) is 34.5 Å². The maximum absolute atomic E-state index is 12.3. The lowest BCUT2D eigenvalue weighted by molar-refractivity contribution is 0.0785. The molecule has 0 aliphatic heterocycles. The normalized spacial score (nSPS) is 10.5. The molecular formula is C13H12Cl2N2OS. The smallest absolute Gasteiger partial charge is 0.254 e. The maximum Gasteiger partial charge on any atom is 0.254 e. The van der Waals surface area contributed by atoms with Crippen LogP contribution in [0.2, 0.25) is 10.0 Å². The van der Waals surface area contributed by atoms with E-state index in [0.717, 1.165) is 5.56 Å². The second-order valence-corrected chi connectivity index (χ2v) is 5.72. The van der Waals surface area contributed by atoms with Crippen molar-refractivity contribution in [3.05, 3.63) is 50.1 Å². The molecular weight excluding hydrogens is 303 g/mol. The number of benzene rings is 1. The zero-order valence-electron chi connectivity index (χ0n) is 10.2. The number of rotatable bonds is 3. The van der Waals surface area contributed by atoms with E-state index in [-0.39, 0.29) is 16.0 Å². The van der Waals surface area contributed by atoms with Crippen LogP contribution >= 0.6 is 34.5 Å². The summed E-state index contributed by atoms with van der Waals surface area (Å²) >= 11 is 13.4. The topological polar surface area (TPSA) is 46.3 Å². The predicted octanol–water partition coefficient (Wildman–Crippen LogP) is 3.91. The van der Waals surface area contributed by atoms with Crippen molar-refractivity contribution in [3.63, 3.8) is 0 Å². The highest BCUT2D eigenvalue weighted by atomic mass is 35.5. The zero-order valence-corrected chi connectivity index (χ0v) is 12.5. The van der Waals surface area contributed by atoms with Gasteiger partial charge in [-0.1, -0.05) is 23.2 Å². The minimum atomic E-state index is -0.142. The third-order valence-corrected chi connectivity index (χ3v) is 4.20. The van der Waals surface area contributed by atoms with Crippen LogP contribution in [0.1, 0.15) is 15.9 Å². The summed E-state index contributed by atoms with van der Waals surface area (Å²) in [5.41, 5.74) is 7.54. The van der Waals surface area contributed by atoms with E-state index < -0.39 is 0 Å². The first-order valence-corrected chi connectivity index (χ1v) is 7.20. The minimum absolute atomic E-state index is 0.142. The molecule has 1 aromatic carbocycles. The first-order valence-electron chi connectivity index (χ1n) is 5.50. The number of hydrogen-bond donors (Lipinski definition) is 1. The summed E-state index contributed by atoms with van der Waals surface area (Å²) < 4.78 is 0. The molecule has 0 saturated carbocycles. The molecule has 0 atom stereocenters. The fourth-order valence-electron chi connectivity index (χ4n) is 1.68. The number of halogens is 2. The molecule has 3 nitrogen and oxygen atoms in total. The summed E-state index contributed by atoms with van der Waals surface area (Å²) in [6.45, 7) is 0.544. The second kappa shape index (κ2) is 5.82. The molecule has 1 amide bonds. The fraction of sp³-hybridized carbons (Fsp3) is 0.154. The van der Waals surface area contributed by atoms with Gasteiger partial charge in [0.25, 0.3) is 5.91 Å². The van der Waals surface area contributed by atoms with Gasteiger partial charge < -0.3 is 10.6 Å². The number of carbonyl (C=O) groups is 1. The van der Waals surface area contributed by atoms with Crippen LogP contribution in [0.5, 0.6) is 0 Å². The number of thiophene rings is 1. The van der Waals surface area contributed by atoms with Gasteiger partial charge in [0.1, 0.15) is 0 Å². The number of carbonyl (C=O) groups excluding carboxylic acids is 1. The first kappa shape index (κ1) is 14.2. The van der Waals surface area contributed by atoms with Crippen molar-refractivity contribution in [1.82, 2.24) is 4.90 Å². The molecule has 1 heterocycles. The van der Waals surface area contributed by atoms with Gasteiger partial charge in [0.05, 0.1) is 15.7 Å². The molecule has 0 aliphatic carbocycles. The molecule has 19 heavy (non-hydrogen) atoms. The standard InChI is InChI=1S/C13H12Cl2N2OS/c1-17(6-8-2-3-19-7-8)13(18)9-4-10(14)12(15)11(16)5-9/h2-5,7H,6,16H2,1H3. The van der Waals surface area contributed by atoms with Gasteiger partial charge in [0.15, 0.2) is 0 Å². The summed E-state index contributed by atoms with van der Waals surface area (Å²) in [6.07, 6.45) is 0. The molecule has 0 aliphatic rings. The first-order chi connectivity index (χ1) is 8.99. The number of nitrogens with two attached hydrogens (primary N) is 1. The molecule has 0 fully saturated rings. The van der Waals surface area contributed by atoms with Crippen LogP contribution in [0.4, 0.5) is 5.69 Å². The van der Waals surface area contributed by atoms with E-state index in [0.29, 0.717) is 17.8 Å². The van der Waals surface area contributed by atoms with Gasteiger partial charge >= 0.3 is 0 Å². The van der Waals surface area contributed by atoms with Crippen molar-refractivity contribution in [2.45, 2.75) is 6.54 Å². The summed E-state index contributed by atoms with van der Waals surface area (Å²) in [5.74, 6) is -0.142. The average Bonchev–Trinajstić information content (AvgIpc) is 2.87. The van der Waals surface area contributed by atoms with Gasteiger partial charge in [-0.3, -0.25) is 4.79 Å². The van der Waals surface area contributed by atoms with E-state index in [2.05, 4.69) is 0 Å². The predicted molar refractivity (Wildman–Crippen MR) is 81.0 cm³/mol. The van der Waals surface area contributed by atoms with E-state index in [1.54, 1.807) is 29.4 Å². The fourth-order valence-corrected chi connectivity index (χ4v) is 2.68. The Balaban J connectivity index is 2.19. The highest BCUT2D eigenvalue weighted by molar-refractivity contribution is 7.07. The molecule has 0 unspecified atom stereocenters. The molecule has 6 heteroatoms. The van der Waals surface area contributed by atoms with Crippen molar-refractivity contribution >= 4 is 46.1 Å². The van der Waals surface area contributed by atoms with E-state index in [9.17, 15) is 4.79 Å². The molecule has 0 bridgehead atoms. The third-order valence-electron chi connectivity index (χ3n) is 2.65. The highest BCUT2D eigenvalue weighted by Crippen LogP contribution is 2.29. The SMILES string of the molecule is CN(Cc1ccsc1)C(=O)c1cc(N)c(Cl)c(Cl)c1. The van der Waals surface area contributed by atoms with Gasteiger partial charge in [-0.2, -0.15) is 11.3 Å². The molecule has 2 N–H and O–H groups in total. The van der Waals surface area contributed by atoms with Crippen molar-refractivity contribution in [2.24, 2.45) is 0 Å². The summed E-state index contributed by atoms with van der Waals surface area (Å²) in [6, 6.07) is 5.06. The van der Waals surface area contributed by atoms with Crippen LogP contribution in [0.3, 0.4) is 0 Å². The summed E-state index contributed by atoms with van der Waals surface area (Å²) in [5, 5.41) is 4.55. The molecule has 100 valence electrons. The maximum atomic E-state index is 12.3. The van der Waals surface area contributed by atoms with Gasteiger partial charge in [-0.25, -0.2) is 0 Å². The highest BCUT2D eigenvalue weighted by Gasteiger charge is 2.15. The third kappa shape index (κ3) is 3.21. The van der Waals surface area contributed by atoms with E-state index in [4.69, 9.17) is 28.9 Å². The molecule has 1 aromatic heterocycles. The molecule has 0 saturated heterocycles. The Hall–Kier alpha value is -1.23.